The Hall–Kier alpha value is -3.41. The number of alkyl halides is 3. The molecule has 0 bridgehead atoms. The third-order valence-corrected chi connectivity index (χ3v) is 6.72. The molecule has 3 aromatic rings. The maximum Gasteiger partial charge on any atom is 0.424 e. The summed E-state index contributed by atoms with van der Waals surface area (Å²) in [4.78, 5) is 16.9. The van der Waals surface area contributed by atoms with E-state index in [4.69, 9.17) is 26.8 Å². The van der Waals surface area contributed by atoms with Crippen molar-refractivity contribution in [2.75, 3.05) is 19.8 Å². The van der Waals surface area contributed by atoms with Crippen LogP contribution in [0.1, 0.15) is 41.0 Å². The highest BCUT2D eigenvalue weighted by molar-refractivity contribution is 6.31. The van der Waals surface area contributed by atoms with Gasteiger partial charge in [0, 0.05) is 16.7 Å². The van der Waals surface area contributed by atoms with Crippen molar-refractivity contribution in [2.45, 2.75) is 38.1 Å². The first-order valence-electron chi connectivity index (χ1n) is 11.9. The number of rotatable bonds is 7. The molecule has 0 aliphatic carbocycles. The smallest absolute Gasteiger partial charge is 0.424 e. The van der Waals surface area contributed by atoms with E-state index in [1.807, 2.05) is 0 Å². The SMILES string of the molecule is CCOc1ccc(C(=O)NCC(O)(c2cc3c(c(-c4ccc(F)c(Cl)c4)n2)OCC3(C)N)C(F)(F)F)cc1C. The molecule has 2 unspecified atom stereocenters. The summed E-state index contributed by atoms with van der Waals surface area (Å²) in [6.45, 7) is 4.11. The lowest BCUT2D eigenvalue weighted by Crippen LogP contribution is -2.51. The van der Waals surface area contributed by atoms with E-state index in [1.54, 1.807) is 20.8 Å². The van der Waals surface area contributed by atoms with E-state index in [0.29, 0.717) is 17.9 Å². The van der Waals surface area contributed by atoms with Crippen LogP contribution in [-0.2, 0) is 11.1 Å². The zero-order chi connectivity index (χ0) is 28.8. The number of hydrogen-bond acceptors (Lipinski definition) is 6. The molecule has 12 heteroatoms. The number of benzene rings is 2. The van der Waals surface area contributed by atoms with Gasteiger partial charge in [-0.25, -0.2) is 9.37 Å². The predicted molar refractivity (Wildman–Crippen MR) is 136 cm³/mol. The van der Waals surface area contributed by atoms with E-state index >= 15 is 0 Å². The van der Waals surface area contributed by atoms with Gasteiger partial charge in [-0.05, 0) is 68.8 Å². The number of aryl methyl sites for hydroxylation is 1. The van der Waals surface area contributed by atoms with Gasteiger partial charge in [0.05, 0.1) is 29.4 Å². The molecule has 1 aliphatic rings. The Morgan fingerprint density at radius 1 is 1.26 bits per heavy atom. The number of nitrogens with one attached hydrogen (secondary N) is 1. The fourth-order valence-electron chi connectivity index (χ4n) is 4.21. The van der Waals surface area contributed by atoms with E-state index in [2.05, 4.69) is 10.3 Å². The fraction of sp³-hybridized carbons (Fsp3) is 0.333. The Balaban J connectivity index is 1.76. The summed E-state index contributed by atoms with van der Waals surface area (Å²) in [7, 11) is 0. The van der Waals surface area contributed by atoms with Gasteiger partial charge < -0.3 is 25.6 Å². The predicted octanol–water partition coefficient (Wildman–Crippen LogP) is 4.99. The first-order chi connectivity index (χ1) is 18.2. The molecule has 39 heavy (non-hydrogen) atoms. The van der Waals surface area contributed by atoms with E-state index < -0.39 is 41.3 Å². The molecule has 208 valence electrons. The summed E-state index contributed by atoms with van der Waals surface area (Å²) >= 11 is 5.90. The van der Waals surface area contributed by atoms with Crippen molar-refractivity contribution in [3.63, 3.8) is 0 Å². The standard InChI is InChI=1S/C27H26ClF4N3O4/c1-4-38-20-8-6-16(9-14(20)2)24(36)34-12-26(37,27(30,31)32)21-11-17-23(39-13-25(17,3)33)22(35-21)15-5-7-19(29)18(28)10-15/h5-11,37H,4,12-13,33H2,1-3H3,(H,34,36). The normalized spacial score (nSPS) is 18.2. The first-order valence-corrected chi connectivity index (χ1v) is 12.3. The van der Waals surface area contributed by atoms with Crippen molar-refractivity contribution in [2.24, 2.45) is 5.73 Å². The number of aliphatic hydroxyl groups is 1. The number of nitrogens with two attached hydrogens (primary N) is 1. The molecule has 1 aliphatic heterocycles. The van der Waals surface area contributed by atoms with Crippen molar-refractivity contribution < 1.29 is 36.9 Å². The topological polar surface area (TPSA) is 107 Å². The van der Waals surface area contributed by atoms with Crippen molar-refractivity contribution in [1.82, 2.24) is 10.3 Å². The second-order valence-corrected chi connectivity index (χ2v) is 9.93. The van der Waals surface area contributed by atoms with Gasteiger partial charge in [-0.15, -0.1) is 0 Å². The monoisotopic (exact) mass is 567 g/mol. The van der Waals surface area contributed by atoms with Gasteiger partial charge in [0.25, 0.3) is 5.91 Å². The largest absolute Gasteiger partial charge is 0.494 e. The summed E-state index contributed by atoms with van der Waals surface area (Å²) in [5.41, 5.74) is 1.49. The number of nitrogens with zero attached hydrogens (tertiary/aromatic N) is 1. The molecule has 0 fully saturated rings. The number of carbonyl (C=O) groups is 1. The van der Waals surface area contributed by atoms with Gasteiger partial charge in [-0.2, -0.15) is 13.2 Å². The van der Waals surface area contributed by atoms with Crippen molar-refractivity contribution in [3.05, 3.63) is 75.7 Å². The Labute approximate surface area is 226 Å². The number of ether oxygens (including phenoxy) is 2. The lowest BCUT2D eigenvalue weighted by molar-refractivity contribution is -0.265. The molecule has 1 aromatic heterocycles. The van der Waals surface area contributed by atoms with Gasteiger partial charge >= 0.3 is 6.18 Å². The first kappa shape index (κ1) is 28.6. The van der Waals surface area contributed by atoms with Crippen molar-refractivity contribution in [1.29, 1.82) is 0 Å². The van der Waals surface area contributed by atoms with Gasteiger partial charge in [-0.1, -0.05) is 11.6 Å². The number of halogens is 5. The molecule has 0 spiro atoms. The molecular formula is C27H26ClF4N3O4. The molecule has 2 atom stereocenters. The zero-order valence-electron chi connectivity index (χ0n) is 21.2. The van der Waals surface area contributed by atoms with Crippen LogP contribution in [0, 0.1) is 12.7 Å². The average molecular weight is 568 g/mol. The second-order valence-electron chi connectivity index (χ2n) is 9.52. The summed E-state index contributed by atoms with van der Waals surface area (Å²) in [5, 5.41) is 12.9. The Morgan fingerprint density at radius 2 is 1.97 bits per heavy atom. The molecule has 4 N–H and O–H groups in total. The average Bonchev–Trinajstić information content (AvgIpc) is 3.18. The summed E-state index contributed by atoms with van der Waals surface area (Å²) in [5.74, 6) is -0.965. The zero-order valence-corrected chi connectivity index (χ0v) is 22.0. The summed E-state index contributed by atoms with van der Waals surface area (Å²) < 4.78 is 68.2. The van der Waals surface area contributed by atoms with Crippen LogP contribution in [0.15, 0.2) is 42.5 Å². The van der Waals surface area contributed by atoms with E-state index in [9.17, 15) is 27.5 Å². The van der Waals surface area contributed by atoms with E-state index in [-0.39, 0.29) is 39.8 Å². The minimum absolute atomic E-state index is 0.0757. The van der Waals surface area contributed by atoms with Crippen LogP contribution in [0.5, 0.6) is 11.5 Å². The summed E-state index contributed by atoms with van der Waals surface area (Å²) in [6.07, 6.45) is -5.27. The van der Waals surface area contributed by atoms with E-state index in [1.165, 1.54) is 30.3 Å². The highest BCUT2D eigenvalue weighted by atomic mass is 35.5. The highest BCUT2D eigenvalue weighted by Gasteiger charge is 2.57. The Kier molecular flexibility index (Phi) is 7.54. The van der Waals surface area contributed by atoms with E-state index in [0.717, 1.165) is 12.1 Å². The molecule has 7 nitrogen and oxygen atoms in total. The molecule has 0 saturated heterocycles. The van der Waals surface area contributed by atoms with Gasteiger partial charge in [0.15, 0.2) is 5.75 Å². The minimum atomic E-state index is -5.27. The van der Waals surface area contributed by atoms with Gasteiger partial charge in [-0.3, -0.25) is 4.79 Å². The lowest BCUT2D eigenvalue weighted by atomic mass is 9.89. The van der Waals surface area contributed by atoms with Crippen LogP contribution in [0.2, 0.25) is 5.02 Å². The molecule has 0 saturated carbocycles. The fourth-order valence-corrected chi connectivity index (χ4v) is 4.39. The van der Waals surface area contributed by atoms with Crippen LogP contribution in [0.4, 0.5) is 17.6 Å². The number of hydrogen-bond donors (Lipinski definition) is 3. The van der Waals surface area contributed by atoms with Crippen LogP contribution in [0.25, 0.3) is 11.3 Å². The van der Waals surface area contributed by atoms with Crippen LogP contribution in [-0.4, -0.2) is 41.9 Å². The third kappa shape index (κ3) is 5.39. The maximum atomic E-state index is 14.4. The maximum absolute atomic E-state index is 14.4. The molecule has 1 amide bonds. The van der Waals surface area contributed by atoms with Crippen molar-refractivity contribution in [3.8, 4) is 22.8 Å². The molecule has 2 heterocycles. The number of amides is 1. The van der Waals surface area contributed by atoms with Crippen LogP contribution < -0.4 is 20.5 Å². The summed E-state index contributed by atoms with van der Waals surface area (Å²) in [6, 6.07) is 8.90. The van der Waals surface area contributed by atoms with Crippen LogP contribution in [0.3, 0.4) is 0 Å². The Morgan fingerprint density at radius 3 is 2.59 bits per heavy atom. The van der Waals surface area contributed by atoms with Crippen molar-refractivity contribution >= 4 is 17.5 Å². The number of aromatic nitrogens is 1. The lowest BCUT2D eigenvalue weighted by Gasteiger charge is -2.31. The van der Waals surface area contributed by atoms with Gasteiger partial charge in [0.1, 0.15) is 23.9 Å². The Bertz CT molecular complexity index is 1430. The number of pyridine rings is 1. The van der Waals surface area contributed by atoms with Crippen LogP contribution >= 0.6 is 11.6 Å². The highest BCUT2D eigenvalue weighted by Crippen LogP contribution is 2.46. The number of carbonyl (C=O) groups excluding carboxylic acids is 1. The molecule has 4 rings (SSSR count). The third-order valence-electron chi connectivity index (χ3n) is 6.43. The molecule has 2 aromatic carbocycles. The van der Waals surface area contributed by atoms with Gasteiger partial charge in [0.2, 0.25) is 5.60 Å². The number of fused-ring (bicyclic) bond motifs is 1. The second kappa shape index (κ2) is 10.3. The molecule has 0 radical (unpaired) electrons. The minimum Gasteiger partial charge on any atom is -0.494 e. The quantitative estimate of drug-likeness (QED) is 0.347. The molecular weight excluding hydrogens is 542 g/mol.